The molecule has 0 aliphatic heterocycles. The lowest BCUT2D eigenvalue weighted by atomic mass is 10.8. The Morgan fingerprint density at radius 3 is 1.44 bits per heavy atom. The first-order chi connectivity index (χ1) is 4.33. The molecule has 0 saturated carbocycles. The average Bonchev–Trinajstić information content (AvgIpc) is 1.91. The summed E-state index contributed by atoms with van der Waals surface area (Å²) >= 11 is 0. The summed E-state index contributed by atoms with van der Waals surface area (Å²) in [6, 6.07) is 0. The van der Waals surface area contributed by atoms with Gasteiger partial charge >= 0.3 is 0 Å². The fraction of sp³-hybridized carbons (Fsp3) is 0.167. The minimum absolute atomic E-state index is 0.625. The highest BCUT2D eigenvalue weighted by molar-refractivity contribution is 4.65. The molecule has 3 nitrogen and oxygen atoms in total. The van der Waals surface area contributed by atoms with Crippen molar-refractivity contribution in [2.24, 2.45) is 0 Å². The van der Waals surface area contributed by atoms with Crippen molar-refractivity contribution < 1.29 is 15.3 Å². The summed E-state index contributed by atoms with van der Waals surface area (Å²) < 4.78 is 0. The van der Waals surface area contributed by atoms with E-state index in [-0.39, 0.29) is 0 Å². The predicted octanol–water partition coefficient (Wildman–Crippen LogP) is 1.81. The zero-order valence-electron chi connectivity index (χ0n) is 5.15. The molecule has 9 heavy (non-hydrogen) atoms. The van der Waals surface area contributed by atoms with E-state index >= 15 is 0 Å². The van der Waals surface area contributed by atoms with Crippen LogP contribution in [-0.2, 0) is 0 Å². The molecule has 0 aromatic carbocycles. The van der Waals surface area contributed by atoms with E-state index in [0.717, 1.165) is 6.26 Å². The zero-order chi connectivity index (χ0) is 7.54. The van der Waals surface area contributed by atoms with Crippen molar-refractivity contribution >= 4 is 0 Å². The Labute approximate surface area is 53.9 Å². The third-order valence-corrected chi connectivity index (χ3v) is 0.298. The van der Waals surface area contributed by atoms with E-state index in [1.807, 2.05) is 5.73 Å². The fourth-order valence-electron chi connectivity index (χ4n) is 0.0333. The second-order valence-electron chi connectivity index (χ2n) is 0.907. The Balaban J connectivity index is 0. The summed E-state index contributed by atoms with van der Waals surface area (Å²) in [4.78, 5) is 0. The summed E-state index contributed by atoms with van der Waals surface area (Å²) in [6.07, 6.45) is 3.81. The Morgan fingerprint density at radius 1 is 1.11 bits per heavy atom. The third kappa shape index (κ3) is 52.5. The van der Waals surface area contributed by atoms with Gasteiger partial charge in [0.05, 0.1) is 6.26 Å². The summed E-state index contributed by atoms with van der Waals surface area (Å²) in [5, 5.41) is 23.0. The zero-order valence-corrected chi connectivity index (χ0v) is 5.15. The largest absolute Gasteiger partial charge is 0.516 e. The van der Waals surface area contributed by atoms with E-state index < -0.39 is 0 Å². The van der Waals surface area contributed by atoms with E-state index in [4.69, 9.17) is 15.3 Å². The van der Waals surface area contributed by atoms with Gasteiger partial charge in [-0.25, -0.2) is 0 Å². The first-order valence-electron chi connectivity index (χ1n) is 2.26. The molecule has 0 heterocycles. The second kappa shape index (κ2) is 15.9. The van der Waals surface area contributed by atoms with Gasteiger partial charge in [-0.05, 0) is 12.7 Å². The van der Waals surface area contributed by atoms with Gasteiger partial charge in [-0.1, -0.05) is 6.08 Å². The lowest BCUT2D eigenvalue weighted by Gasteiger charge is -1.53. The van der Waals surface area contributed by atoms with Gasteiger partial charge in [-0.15, -0.1) is 0 Å². The lowest BCUT2D eigenvalue weighted by Crippen LogP contribution is -1.39. The molecule has 0 saturated heterocycles. The minimum atomic E-state index is 0.625. The van der Waals surface area contributed by atoms with Crippen LogP contribution in [0.3, 0.4) is 0 Å². The first kappa shape index (κ1) is 10.6. The number of hydrogen-bond donors (Lipinski definition) is 3. The number of aliphatic hydroxyl groups is 3. The molecule has 52 valence electrons. The molecule has 0 unspecified atom stereocenters. The van der Waals surface area contributed by atoms with Gasteiger partial charge in [-0.3, -0.25) is 0 Å². The SMILES string of the molecule is CC=CO.OC=C=CO. The van der Waals surface area contributed by atoms with Crippen LogP contribution in [0.25, 0.3) is 0 Å². The summed E-state index contributed by atoms with van der Waals surface area (Å²) in [5.74, 6) is 0. The Hall–Kier alpha value is -1.34. The van der Waals surface area contributed by atoms with E-state index in [9.17, 15) is 0 Å². The molecule has 3 heteroatoms. The maximum atomic E-state index is 7.69. The lowest BCUT2D eigenvalue weighted by molar-refractivity contribution is 0.458. The van der Waals surface area contributed by atoms with Crippen LogP contribution in [0.1, 0.15) is 6.92 Å². The van der Waals surface area contributed by atoms with Crippen molar-refractivity contribution in [3.63, 3.8) is 0 Å². The number of hydrogen-bond acceptors (Lipinski definition) is 3. The smallest absolute Gasteiger partial charge is 0.124 e. The standard InChI is InChI=1S/C3H4O2.C3H6O/c4-2-1-3-5;1-2-3-4/h2-5H;2-4H,1H3. The van der Waals surface area contributed by atoms with Gasteiger partial charge in [0.15, 0.2) is 0 Å². The van der Waals surface area contributed by atoms with E-state index in [1.165, 1.54) is 0 Å². The van der Waals surface area contributed by atoms with Crippen molar-refractivity contribution in [2.45, 2.75) is 6.92 Å². The van der Waals surface area contributed by atoms with Crippen LogP contribution in [-0.4, -0.2) is 15.3 Å². The monoisotopic (exact) mass is 130 g/mol. The highest BCUT2D eigenvalue weighted by Crippen LogP contribution is 1.51. The Kier molecular flexibility index (Phi) is 18.8. The van der Waals surface area contributed by atoms with Crippen LogP contribution in [0.15, 0.2) is 30.6 Å². The van der Waals surface area contributed by atoms with Crippen LogP contribution >= 0.6 is 0 Å². The van der Waals surface area contributed by atoms with E-state index in [2.05, 4.69) is 0 Å². The molecule has 0 rings (SSSR count). The molecule has 0 aliphatic rings. The van der Waals surface area contributed by atoms with Gasteiger partial charge in [0, 0.05) is 0 Å². The highest BCUT2D eigenvalue weighted by Gasteiger charge is 1.37. The van der Waals surface area contributed by atoms with Gasteiger partial charge in [0.25, 0.3) is 0 Å². The first-order valence-corrected chi connectivity index (χ1v) is 2.26. The molecule has 0 aliphatic carbocycles. The summed E-state index contributed by atoms with van der Waals surface area (Å²) in [6.45, 7) is 1.75. The van der Waals surface area contributed by atoms with Crippen LogP contribution < -0.4 is 0 Å². The van der Waals surface area contributed by atoms with Crippen LogP contribution in [0.5, 0.6) is 0 Å². The summed E-state index contributed by atoms with van der Waals surface area (Å²) in [5.41, 5.74) is 1.97. The Bertz CT molecular complexity index is 99.5. The van der Waals surface area contributed by atoms with Crippen molar-refractivity contribution in [3.05, 3.63) is 30.6 Å². The van der Waals surface area contributed by atoms with Crippen LogP contribution in [0.2, 0.25) is 0 Å². The Morgan fingerprint density at radius 2 is 1.44 bits per heavy atom. The number of allylic oxidation sites excluding steroid dienone is 1. The molecular formula is C6H10O3. The van der Waals surface area contributed by atoms with Crippen LogP contribution in [0.4, 0.5) is 0 Å². The van der Waals surface area contributed by atoms with Crippen molar-refractivity contribution in [1.82, 2.24) is 0 Å². The number of rotatable bonds is 0. The van der Waals surface area contributed by atoms with Crippen molar-refractivity contribution in [2.75, 3.05) is 0 Å². The fourth-order valence-corrected chi connectivity index (χ4v) is 0.0333. The predicted molar refractivity (Wildman–Crippen MR) is 35.4 cm³/mol. The van der Waals surface area contributed by atoms with Crippen LogP contribution in [0, 0.1) is 0 Å². The van der Waals surface area contributed by atoms with E-state index in [1.54, 1.807) is 13.0 Å². The average molecular weight is 130 g/mol. The maximum absolute atomic E-state index is 7.69. The van der Waals surface area contributed by atoms with Gasteiger partial charge in [0.2, 0.25) is 0 Å². The number of aliphatic hydroxyl groups excluding tert-OH is 3. The molecule has 3 N–H and O–H groups in total. The van der Waals surface area contributed by atoms with Crippen molar-refractivity contribution in [1.29, 1.82) is 0 Å². The van der Waals surface area contributed by atoms with Gasteiger partial charge < -0.3 is 15.3 Å². The topological polar surface area (TPSA) is 60.7 Å². The summed E-state index contributed by atoms with van der Waals surface area (Å²) in [7, 11) is 0. The van der Waals surface area contributed by atoms with Gasteiger partial charge in [-0.2, -0.15) is 0 Å². The normalized spacial score (nSPS) is 6.78. The maximum Gasteiger partial charge on any atom is 0.124 e. The molecule has 0 bridgehead atoms. The molecule has 0 atom stereocenters. The molecule has 0 radical (unpaired) electrons. The molecule has 0 amide bonds. The minimum Gasteiger partial charge on any atom is -0.516 e. The van der Waals surface area contributed by atoms with Crippen molar-refractivity contribution in [3.8, 4) is 0 Å². The molecule has 0 fully saturated rings. The highest BCUT2D eigenvalue weighted by atomic mass is 16.3. The molecule has 0 aromatic heterocycles. The molecule has 0 spiro atoms. The second-order valence-corrected chi connectivity index (χ2v) is 0.907. The van der Waals surface area contributed by atoms with Gasteiger partial charge in [0.1, 0.15) is 12.5 Å². The molecule has 0 aromatic rings. The molecular weight excluding hydrogens is 120 g/mol. The third-order valence-electron chi connectivity index (χ3n) is 0.298. The van der Waals surface area contributed by atoms with E-state index in [0.29, 0.717) is 12.5 Å². The quantitative estimate of drug-likeness (QED) is 0.346.